The highest BCUT2D eigenvalue weighted by Crippen LogP contribution is 2.27. The number of nitrogens with one attached hydrogen (secondary N) is 1. The van der Waals surface area contributed by atoms with E-state index in [4.69, 9.17) is 32.9 Å². The summed E-state index contributed by atoms with van der Waals surface area (Å²) < 4.78 is 153. The average Bonchev–Trinajstić information content (AvgIpc) is 3.80. The first-order valence-electron chi connectivity index (χ1n) is 15.9. The van der Waals surface area contributed by atoms with Crippen LogP contribution in [0.5, 0.6) is 0 Å². The summed E-state index contributed by atoms with van der Waals surface area (Å²) in [4.78, 5) is 21.7. The Hall–Kier alpha value is -3.45. The van der Waals surface area contributed by atoms with Gasteiger partial charge in [-0.2, -0.15) is 0 Å². The number of esters is 2. The molecule has 0 spiro atoms. The van der Waals surface area contributed by atoms with E-state index in [1.165, 1.54) is 23.9 Å². The largest absolute Gasteiger partial charge is 0.465 e. The summed E-state index contributed by atoms with van der Waals surface area (Å²) in [6.45, 7) is -11.2. The predicted molar refractivity (Wildman–Crippen MR) is 152 cm³/mol. The summed E-state index contributed by atoms with van der Waals surface area (Å²) >= 11 is 1.77. The number of aryl methyl sites for hydroxylation is 2. The van der Waals surface area contributed by atoms with Crippen molar-refractivity contribution in [1.82, 2.24) is 10.3 Å². The fourth-order valence-electron chi connectivity index (χ4n) is 2.32. The number of nitrogens with two attached hydrogens (primary N) is 1. The first-order valence-corrected chi connectivity index (χ1v) is 15.5. The highest BCUT2D eigenvalue weighted by atomic mass is 35.7. The van der Waals surface area contributed by atoms with E-state index in [2.05, 4.69) is 28.8 Å². The molecule has 3 N–H and O–H groups in total. The number of halogens is 1. The monoisotopic (exact) mass is 680 g/mol. The lowest BCUT2D eigenvalue weighted by Gasteiger charge is -2.05. The number of sulfonamides is 1. The smallest absolute Gasteiger partial charge is 0.349 e. The van der Waals surface area contributed by atoms with Crippen LogP contribution in [0, 0.1) is 27.4 Å². The van der Waals surface area contributed by atoms with Crippen LogP contribution in [0.1, 0.15) is 58.3 Å². The van der Waals surface area contributed by atoms with Gasteiger partial charge in [0, 0.05) is 38.3 Å². The fraction of sp³-hybridized carbons (Fsp3) is 0.273. The topological polar surface area (TPSA) is 211 Å². The molecule has 0 unspecified atom stereocenters. The van der Waals surface area contributed by atoms with Crippen LogP contribution in [-0.4, -0.2) is 53.3 Å². The molecule has 4 heterocycles. The standard InChI is InChI=1S/C11H12N2O5S2.C6H5ClO4S2.C5H8N2O/c1-6-7(2)12-18-10(6)13-20(15,16)8-4-5-19-9(8)11(14)17-3;1-11-6(8)5-4(2-3-12-5)13(7,9)10;1-3-4(2)7-8-5(3)6/h4-5,13H,1-3H3;2-3H,1H3;6H2,1-2H3/i1D3,2D3;;1D3,2D3. The number of nitrogens with zero attached hydrogens (tertiary/aromatic N) is 2. The SMILES string of the molecule is COC(=O)c1sccc1S(=O)(=O)Cl.[2H]C([2H])([2H])c1noc(N)c1C([2H])([2H])[2H].[2H]C([2H])([2H])c1noc(NS(=O)(=O)c2ccsc2C(=O)OC)c1C([2H])([2H])[2H]. The first-order chi connectivity index (χ1) is 23.9. The number of nitrogen functional groups attached to an aromatic ring is 1. The Kier molecular flexibility index (Phi) is 6.68. The molecule has 19 heteroatoms. The number of methoxy groups -OCH3 is 2. The van der Waals surface area contributed by atoms with Crippen molar-refractivity contribution in [2.75, 3.05) is 24.7 Å². The zero-order chi connectivity index (χ0) is 41.1. The number of aromatic nitrogens is 2. The van der Waals surface area contributed by atoms with Gasteiger partial charge in [0.1, 0.15) is 19.5 Å². The van der Waals surface area contributed by atoms with Gasteiger partial charge in [0.05, 0.1) is 25.6 Å². The molecule has 4 aromatic heterocycles. The third-order valence-electron chi connectivity index (χ3n) is 4.19. The van der Waals surface area contributed by atoms with Crippen molar-refractivity contribution in [2.45, 2.75) is 37.2 Å². The van der Waals surface area contributed by atoms with Crippen LogP contribution in [0.3, 0.4) is 0 Å². The molecule has 14 nitrogen and oxygen atoms in total. The van der Waals surface area contributed by atoms with Crippen molar-refractivity contribution in [3.8, 4) is 0 Å². The summed E-state index contributed by atoms with van der Waals surface area (Å²) in [5.74, 6) is -2.94. The predicted octanol–water partition coefficient (Wildman–Crippen LogP) is 4.28. The van der Waals surface area contributed by atoms with Gasteiger partial charge in [0.25, 0.3) is 19.1 Å². The van der Waals surface area contributed by atoms with Gasteiger partial charge in [-0.25, -0.2) is 31.1 Å². The van der Waals surface area contributed by atoms with Crippen LogP contribution in [0.4, 0.5) is 11.8 Å². The highest BCUT2D eigenvalue weighted by molar-refractivity contribution is 8.13. The Morgan fingerprint density at radius 2 is 1.41 bits per heavy atom. The van der Waals surface area contributed by atoms with E-state index < -0.39 is 97.6 Å². The summed E-state index contributed by atoms with van der Waals surface area (Å²) in [6.07, 6.45) is 0. The summed E-state index contributed by atoms with van der Waals surface area (Å²) in [5, 5.41) is 9.09. The molecule has 224 valence electrons. The van der Waals surface area contributed by atoms with Crippen molar-refractivity contribution in [3.63, 3.8) is 0 Å². The molecule has 0 radical (unpaired) electrons. The van der Waals surface area contributed by atoms with Crippen molar-refractivity contribution >= 4 is 76.1 Å². The first kappa shape index (κ1) is 19.6. The lowest BCUT2D eigenvalue weighted by atomic mass is 10.3. The molecule has 4 aromatic rings. The lowest BCUT2D eigenvalue weighted by Crippen LogP contribution is -2.15. The Balaban J connectivity index is 0.000000303. The summed E-state index contributed by atoms with van der Waals surface area (Å²) in [7, 11) is -1.02. The highest BCUT2D eigenvalue weighted by Gasteiger charge is 2.27. The molecule has 0 aromatic carbocycles. The lowest BCUT2D eigenvalue weighted by molar-refractivity contribution is 0.0593. The number of thiophene rings is 2. The number of ether oxygens (including phenoxy) is 2. The zero-order valence-corrected chi connectivity index (χ0v) is 24.4. The number of carbonyl (C=O) groups excluding carboxylic acids is 2. The van der Waals surface area contributed by atoms with Gasteiger partial charge < -0.3 is 24.3 Å². The van der Waals surface area contributed by atoms with E-state index in [0.29, 0.717) is 0 Å². The Morgan fingerprint density at radius 1 is 0.902 bits per heavy atom. The van der Waals surface area contributed by atoms with Gasteiger partial charge in [-0.3, -0.25) is 0 Å². The van der Waals surface area contributed by atoms with E-state index >= 15 is 0 Å². The Morgan fingerprint density at radius 3 is 1.90 bits per heavy atom. The van der Waals surface area contributed by atoms with E-state index in [-0.39, 0.29) is 14.6 Å². The number of anilines is 2. The minimum absolute atomic E-state index is 0.00231. The molecule has 0 aliphatic rings. The molecule has 0 fully saturated rings. The molecule has 41 heavy (non-hydrogen) atoms. The van der Waals surface area contributed by atoms with Crippen molar-refractivity contribution < 1.29 is 61.4 Å². The van der Waals surface area contributed by atoms with Gasteiger partial charge >= 0.3 is 11.9 Å². The van der Waals surface area contributed by atoms with Crippen molar-refractivity contribution in [3.05, 3.63) is 55.2 Å². The van der Waals surface area contributed by atoms with Gasteiger partial charge in [-0.05, 0) is 50.3 Å². The zero-order valence-electron chi connectivity index (χ0n) is 32.4. The van der Waals surface area contributed by atoms with Crippen LogP contribution in [0.2, 0.25) is 0 Å². The van der Waals surface area contributed by atoms with Crippen molar-refractivity contribution in [1.29, 1.82) is 0 Å². The minimum atomic E-state index is -4.48. The van der Waals surface area contributed by atoms with Gasteiger partial charge in [-0.15, -0.1) is 22.7 Å². The Bertz CT molecular complexity index is 2150. The maximum atomic E-state index is 12.5. The number of hydrogen-bond donors (Lipinski definition) is 2. The fourth-order valence-corrected chi connectivity index (χ4v) is 6.97. The van der Waals surface area contributed by atoms with Crippen molar-refractivity contribution in [2.24, 2.45) is 0 Å². The molecular formula is C22H25ClN4O10S4. The van der Waals surface area contributed by atoms with Crippen LogP contribution < -0.4 is 10.5 Å². The molecule has 0 aliphatic carbocycles. The second-order valence-corrected chi connectivity index (χ2v) is 12.8. The van der Waals surface area contributed by atoms with E-state index in [1.807, 2.05) is 4.72 Å². The van der Waals surface area contributed by atoms with Crippen LogP contribution in [0.25, 0.3) is 0 Å². The number of carbonyl (C=O) groups is 2. The third kappa shape index (κ3) is 8.52. The maximum absolute atomic E-state index is 12.5. The second kappa shape index (κ2) is 13.9. The van der Waals surface area contributed by atoms with E-state index in [1.54, 1.807) is 0 Å². The van der Waals surface area contributed by atoms with E-state index in [0.717, 1.165) is 35.8 Å². The molecule has 4 rings (SSSR count). The third-order valence-corrected chi connectivity index (χ3v) is 8.97. The molecule has 0 aliphatic heterocycles. The molecule has 0 bridgehead atoms. The molecule has 0 saturated heterocycles. The van der Waals surface area contributed by atoms with Crippen LogP contribution >= 0.6 is 33.4 Å². The van der Waals surface area contributed by atoms with Gasteiger partial charge in [0.15, 0.2) is 0 Å². The Labute approximate surface area is 264 Å². The van der Waals surface area contributed by atoms with Gasteiger partial charge in [0.2, 0.25) is 11.8 Å². The second-order valence-electron chi connectivity index (χ2n) is 6.76. The number of hydrogen-bond acceptors (Lipinski definition) is 15. The maximum Gasteiger partial charge on any atom is 0.349 e. The summed E-state index contributed by atoms with van der Waals surface area (Å²) in [5.41, 5.74) is 2.29. The summed E-state index contributed by atoms with van der Waals surface area (Å²) in [6, 6.07) is 2.37. The quantitative estimate of drug-likeness (QED) is 0.215. The van der Waals surface area contributed by atoms with Gasteiger partial charge in [-0.1, -0.05) is 10.3 Å². The average molecular weight is 681 g/mol. The molecular weight excluding hydrogens is 644 g/mol. The van der Waals surface area contributed by atoms with Crippen LogP contribution in [0.15, 0.2) is 41.7 Å². The molecule has 0 saturated carbocycles. The normalized spacial score (nSPS) is 16.6. The number of rotatable bonds is 6. The molecule has 0 amide bonds. The van der Waals surface area contributed by atoms with Crippen LogP contribution in [-0.2, 0) is 28.5 Å². The van der Waals surface area contributed by atoms with E-state index in [9.17, 15) is 26.4 Å². The molecule has 0 atom stereocenters. The minimum Gasteiger partial charge on any atom is -0.465 e.